The van der Waals surface area contributed by atoms with E-state index in [9.17, 15) is 13.6 Å². The van der Waals surface area contributed by atoms with Gasteiger partial charge in [0.15, 0.2) is 0 Å². The van der Waals surface area contributed by atoms with Crippen molar-refractivity contribution >= 4 is 22.6 Å². The molecule has 0 spiro atoms. The molecule has 2 aromatic rings. The standard InChI is InChI=1S/C12H10F2N2O2/c1-2-18-12(17)7-5-16-9-4-6(13)3-8(14)10(9)11(7)15/h3-5H,2H2,1H3,(H2,15,16). The van der Waals surface area contributed by atoms with Crippen molar-refractivity contribution in [1.82, 2.24) is 4.98 Å². The number of ether oxygens (including phenoxy) is 1. The molecule has 0 aliphatic carbocycles. The minimum absolute atomic E-state index is 0.0325. The Labute approximate surface area is 101 Å². The number of fused-ring (bicyclic) bond motifs is 1. The maximum Gasteiger partial charge on any atom is 0.341 e. The van der Waals surface area contributed by atoms with Crippen LogP contribution in [0.1, 0.15) is 17.3 Å². The molecular weight excluding hydrogens is 242 g/mol. The van der Waals surface area contributed by atoms with Gasteiger partial charge < -0.3 is 10.5 Å². The molecule has 0 bridgehead atoms. The van der Waals surface area contributed by atoms with Gasteiger partial charge in [-0.15, -0.1) is 0 Å². The summed E-state index contributed by atoms with van der Waals surface area (Å²) in [4.78, 5) is 15.4. The SMILES string of the molecule is CCOC(=O)c1cnc2cc(F)cc(F)c2c1N. The highest BCUT2D eigenvalue weighted by atomic mass is 19.1. The lowest BCUT2D eigenvalue weighted by atomic mass is 10.1. The van der Waals surface area contributed by atoms with Gasteiger partial charge in [-0.3, -0.25) is 4.98 Å². The third-order valence-corrected chi connectivity index (χ3v) is 2.42. The highest BCUT2D eigenvalue weighted by Crippen LogP contribution is 2.27. The summed E-state index contributed by atoms with van der Waals surface area (Å²) in [5, 5.41) is -0.0815. The van der Waals surface area contributed by atoms with Gasteiger partial charge in [0.05, 0.1) is 23.2 Å². The molecule has 4 nitrogen and oxygen atoms in total. The van der Waals surface area contributed by atoms with Crippen molar-refractivity contribution in [2.45, 2.75) is 6.92 Å². The second-order valence-corrected chi connectivity index (χ2v) is 3.59. The fourth-order valence-electron chi connectivity index (χ4n) is 1.64. The number of hydrogen-bond acceptors (Lipinski definition) is 4. The van der Waals surface area contributed by atoms with E-state index in [-0.39, 0.29) is 28.8 Å². The summed E-state index contributed by atoms with van der Waals surface area (Å²) < 4.78 is 31.4. The van der Waals surface area contributed by atoms with Gasteiger partial charge in [-0.05, 0) is 6.92 Å². The van der Waals surface area contributed by atoms with Crippen LogP contribution in [0.3, 0.4) is 0 Å². The third-order valence-electron chi connectivity index (χ3n) is 2.42. The molecule has 0 unspecified atom stereocenters. The fraction of sp³-hybridized carbons (Fsp3) is 0.167. The molecule has 1 aromatic heterocycles. The molecule has 0 atom stereocenters. The Balaban J connectivity index is 2.67. The monoisotopic (exact) mass is 252 g/mol. The van der Waals surface area contributed by atoms with Gasteiger partial charge >= 0.3 is 5.97 Å². The lowest BCUT2D eigenvalue weighted by Crippen LogP contribution is -2.09. The number of benzene rings is 1. The number of carbonyl (C=O) groups excluding carboxylic acids is 1. The maximum absolute atomic E-state index is 13.6. The maximum atomic E-state index is 13.6. The van der Waals surface area contributed by atoms with Crippen LogP contribution in [0.5, 0.6) is 0 Å². The number of pyridine rings is 1. The zero-order valence-electron chi connectivity index (χ0n) is 9.54. The third kappa shape index (κ3) is 1.97. The molecule has 0 aliphatic rings. The minimum Gasteiger partial charge on any atom is -0.462 e. The second kappa shape index (κ2) is 4.56. The van der Waals surface area contributed by atoms with Crippen LogP contribution in [-0.2, 0) is 4.74 Å². The number of esters is 1. The first-order valence-corrected chi connectivity index (χ1v) is 5.25. The highest BCUT2D eigenvalue weighted by Gasteiger charge is 2.17. The van der Waals surface area contributed by atoms with E-state index in [2.05, 4.69) is 4.98 Å². The van der Waals surface area contributed by atoms with Crippen LogP contribution in [0.25, 0.3) is 10.9 Å². The summed E-state index contributed by atoms with van der Waals surface area (Å²) in [6, 6.07) is 1.74. The van der Waals surface area contributed by atoms with Crippen molar-refractivity contribution in [2.24, 2.45) is 0 Å². The van der Waals surface area contributed by atoms with Gasteiger partial charge in [-0.1, -0.05) is 0 Å². The number of nitrogens with two attached hydrogens (primary N) is 1. The first-order chi connectivity index (χ1) is 8.54. The number of hydrogen-bond donors (Lipinski definition) is 1. The van der Waals surface area contributed by atoms with E-state index in [0.29, 0.717) is 6.07 Å². The Hall–Kier alpha value is -2.24. The van der Waals surface area contributed by atoms with Crippen molar-refractivity contribution in [3.8, 4) is 0 Å². The fourth-order valence-corrected chi connectivity index (χ4v) is 1.64. The minimum atomic E-state index is -0.860. The van der Waals surface area contributed by atoms with Crippen LogP contribution in [0, 0.1) is 11.6 Å². The van der Waals surface area contributed by atoms with Crippen LogP contribution >= 0.6 is 0 Å². The van der Waals surface area contributed by atoms with E-state index < -0.39 is 17.6 Å². The first kappa shape index (κ1) is 12.2. The lowest BCUT2D eigenvalue weighted by molar-refractivity contribution is 0.0527. The largest absolute Gasteiger partial charge is 0.462 e. The summed E-state index contributed by atoms with van der Waals surface area (Å²) in [6.45, 7) is 1.81. The normalized spacial score (nSPS) is 10.6. The molecular formula is C12H10F2N2O2. The molecule has 0 aliphatic heterocycles. The predicted molar refractivity (Wildman–Crippen MR) is 62.0 cm³/mol. The average molecular weight is 252 g/mol. The van der Waals surface area contributed by atoms with Crippen LogP contribution in [0.4, 0.5) is 14.5 Å². The zero-order chi connectivity index (χ0) is 13.3. The predicted octanol–water partition coefficient (Wildman–Crippen LogP) is 2.27. The Morgan fingerprint density at radius 3 is 2.83 bits per heavy atom. The highest BCUT2D eigenvalue weighted by molar-refractivity contribution is 6.04. The molecule has 0 saturated heterocycles. The van der Waals surface area contributed by atoms with E-state index in [1.807, 2.05) is 0 Å². The van der Waals surface area contributed by atoms with E-state index in [1.165, 1.54) is 0 Å². The lowest BCUT2D eigenvalue weighted by Gasteiger charge is -2.08. The van der Waals surface area contributed by atoms with E-state index in [4.69, 9.17) is 10.5 Å². The van der Waals surface area contributed by atoms with Gasteiger partial charge in [0.2, 0.25) is 0 Å². The van der Waals surface area contributed by atoms with Gasteiger partial charge in [0.1, 0.15) is 17.2 Å². The summed E-state index contributed by atoms with van der Waals surface area (Å²) in [5.74, 6) is -2.30. The van der Waals surface area contributed by atoms with Crippen LogP contribution in [0.2, 0.25) is 0 Å². The Morgan fingerprint density at radius 1 is 1.44 bits per heavy atom. The van der Waals surface area contributed by atoms with Gasteiger partial charge in [0.25, 0.3) is 0 Å². The van der Waals surface area contributed by atoms with Crippen molar-refractivity contribution in [3.05, 3.63) is 35.5 Å². The molecule has 94 valence electrons. The Bertz CT molecular complexity index is 629. The van der Waals surface area contributed by atoms with Crippen LogP contribution in [-0.4, -0.2) is 17.6 Å². The summed E-state index contributed by atoms with van der Waals surface area (Å²) in [5.41, 5.74) is 5.62. The van der Waals surface area contributed by atoms with Gasteiger partial charge in [-0.2, -0.15) is 0 Å². The summed E-state index contributed by atoms with van der Waals surface area (Å²) in [7, 11) is 0. The molecule has 0 radical (unpaired) electrons. The number of nitrogen functional groups attached to an aromatic ring is 1. The topological polar surface area (TPSA) is 65.2 Å². The smallest absolute Gasteiger partial charge is 0.341 e. The number of rotatable bonds is 2. The van der Waals surface area contributed by atoms with E-state index in [0.717, 1.165) is 12.3 Å². The Kier molecular flexibility index (Phi) is 3.10. The van der Waals surface area contributed by atoms with Gasteiger partial charge in [-0.25, -0.2) is 13.6 Å². The van der Waals surface area contributed by atoms with Crippen molar-refractivity contribution < 1.29 is 18.3 Å². The molecule has 18 heavy (non-hydrogen) atoms. The zero-order valence-corrected chi connectivity index (χ0v) is 9.54. The number of nitrogens with zero attached hydrogens (tertiary/aromatic N) is 1. The number of halogens is 2. The molecule has 1 heterocycles. The number of aromatic nitrogens is 1. The van der Waals surface area contributed by atoms with Gasteiger partial charge in [0, 0.05) is 18.3 Å². The molecule has 0 saturated carbocycles. The molecule has 6 heteroatoms. The Morgan fingerprint density at radius 2 is 2.17 bits per heavy atom. The van der Waals surface area contributed by atoms with Crippen molar-refractivity contribution in [2.75, 3.05) is 12.3 Å². The van der Waals surface area contributed by atoms with Crippen molar-refractivity contribution in [3.63, 3.8) is 0 Å². The molecule has 2 rings (SSSR count). The summed E-state index contributed by atoms with van der Waals surface area (Å²) in [6.07, 6.45) is 1.15. The van der Waals surface area contributed by atoms with Crippen LogP contribution < -0.4 is 5.73 Å². The molecule has 0 amide bonds. The number of carbonyl (C=O) groups is 1. The molecule has 1 aromatic carbocycles. The first-order valence-electron chi connectivity index (χ1n) is 5.25. The van der Waals surface area contributed by atoms with E-state index >= 15 is 0 Å². The average Bonchev–Trinajstić information content (AvgIpc) is 2.28. The van der Waals surface area contributed by atoms with Crippen LogP contribution in [0.15, 0.2) is 18.3 Å². The molecule has 0 fully saturated rings. The van der Waals surface area contributed by atoms with E-state index in [1.54, 1.807) is 6.92 Å². The molecule has 2 N–H and O–H groups in total. The van der Waals surface area contributed by atoms with Crippen molar-refractivity contribution in [1.29, 1.82) is 0 Å². The summed E-state index contributed by atoms with van der Waals surface area (Å²) >= 11 is 0. The quantitative estimate of drug-likeness (QED) is 0.833. The second-order valence-electron chi connectivity index (χ2n) is 3.59. The number of anilines is 1.